The number of carbonyl (C=O) groups excluding carboxylic acids is 3. The number of anilines is 9. The van der Waals surface area contributed by atoms with Crippen LogP contribution in [0.1, 0.15) is 46.2 Å². The molecule has 0 spiro atoms. The molecule has 3 amide bonds. The molecule has 0 saturated carbocycles. The Labute approximate surface area is 595 Å². The van der Waals surface area contributed by atoms with Gasteiger partial charge in [0.05, 0.1) is 25.8 Å². The van der Waals surface area contributed by atoms with E-state index in [0.717, 1.165) is 40.1 Å². The van der Waals surface area contributed by atoms with Crippen molar-refractivity contribution < 1.29 is 67.9 Å². The highest BCUT2D eigenvalue weighted by atomic mass is 35.5. The Morgan fingerprint density at radius 3 is 1.42 bits per heavy atom. The van der Waals surface area contributed by atoms with Crippen LogP contribution in [-0.2, 0) is 57.3 Å². The molecule has 0 unspecified atom stereocenters. The fourth-order valence-corrected chi connectivity index (χ4v) is 18.7. The van der Waals surface area contributed by atoms with Crippen molar-refractivity contribution in [3.63, 3.8) is 0 Å². The van der Waals surface area contributed by atoms with Crippen molar-refractivity contribution in [2.45, 2.75) is 71.8 Å². The van der Waals surface area contributed by atoms with Gasteiger partial charge in [-0.05, 0) is 154 Å². The van der Waals surface area contributed by atoms with Gasteiger partial charge in [-0.3, -0.25) is 33.4 Å². The predicted octanol–water partition coefficient (Wildman–Crippen LogP) is 11.3. The van der Waals surface area contributed by atoms with Gasteiger partial charge >= 0.3 is 0 Å². The molecular formula is C65H76ClF3N14O10S6. The number of nitrogens with one attached hydrogen (secondary N) is 3. The Morgan fingerprint density at radius 2 is 0.970 bits per heavy atom. The summed E-state index contributed by atoms with van der Waals surface area (Å²) in [4.78, 5) is 64.8. The summed E-state index contributed by atoms with van der Waals surface area (Å²) in [5.41, 5.74) is 5.74. The summed E-state index contributed by atoms with van der Waals surface area (Å²) in [6.07, 6.45) is 6.26. The van der Waals surface area contributed by atoms with E-state index in [1.807, 2.05) is 15.9 Å². The Balaban J connectivity index is 0.000000241. The van der Waals surface area contributed by atoms with Crippen molar-refractivity contribution in [3.05, 3.63) is 184 Å². The van der Waals surface area contributed by atoms with Gasteiger partial charge in [0.25, 0.3) is 30.1 Å². The van der Waals surface area contributed by atoms with Crippen LogP contribution in [0.2, 0.25) is 5.02 Å². The number of aryl methyl sites for hydroxylation is 1. The molecule has 4 N–H and O–H groups in total. The van der Waals surface area contributed by atoms with Crippen LogP contribution < -0.4 is 43.6 Å². The number of aromatic hydroxyl groups is 1. The Bertz CT molecular complexity index is 4870. The quantitative estimate of drug-likeness (QED) is 0.0699. The summed E-state index contributed by atoms with van der Waals surface area (Å²) in [6.45, 7) is 6.86. The second-order valence-electron chi connectivity index (χ2n) is 23.7. The van der Waals surface area contributed by atoms with E-state index in [1.165, 1.54) is 89.7 Å². The van der Waals surface area contributed by atoms with Crippen molar-refractivity contribution in [2.24, 2.45) is 0 Å². The number of piperazine rings is 1. The number of phenolic OH excluding ortho intramolecular Hbond substituents is 1. The summed E-state index contributed by atoms with van der Waals surface area (Å²) in [5.74, 6) is -1.06. The third-order valence-electron chi connectivity index (χ3n) is 17.8. The second kappa shape index (κ2) is 28.3. The number of rotatable bonds is 16. The van der Waals surface area contributed by atoms with Gasteiger partial charge < -0.3 is 34.5 Å². The summed E-state index contributed by atoms with van der Waals surface area (Å²) in [7, 11) is -11.3. The average molecular weight is 1500 g/mol. The molecular weight excluding hydrogens is 1420 g/mol. The van der Waals surface area contributed by atoms with Gasteiger partial charge in [0, 0.05) is 149 Å². The van der Waals surface area contributed by atoms with E-state index in [0.29, 0.717) is 125 Å². The third-order valence-corrected chi connectivity index (χ3v) is 24.8. The molecule has 530 valence electrons. The van der Waals surface area contributed by atoms with Crippen molar-refractivity contribution in [2.75, 3.05) is 102 Å². The topological polar surface area (TPSA) is 284 Å². The first-order valence-electron chi connectivity index (χ1n) is 31.2. The van der Waals surface area contributed by atoms with Crippen LogP contribution in [-0.4, -0.2) is 149 Å². The van der Waals surface area contributed by atoms with E-state index in [1.54, 1.807) is 87.0 Å². The number of aromatic nitrogens is 4. The number of thiazole rings is 2. The van der Waals surface area contributed by atoms with Gasteiger partial charge in [-0.25, -0.2) is 53.4 Å². The Kier molecular flexibility index (Phi) is 19.6. The van der Waals surface area contributed by atoms with E-state index < -0.39 is 47.5 Å². The van der Waals surface area contributed by atoms with Gasteiger partial charge in [0.2, 0.25) is 22.9 Å². The molecule has 15 rings (SSSR count). The molecule has 3 atom stereocenters. The minimum atomic E-state index is -3.82. The Hall–Kier alpha value is -8.96. The smallest absolute Gasteiger partial charge is 0.263 e. The molecule has 3 aromatic heterocycles. The molecule has 6 aromatic carbocycles. The van der Waals surface area contributed by atoms with Crippen LogP contribution in [0.4, 0.5) is 62.7 Å². The van der Waals surface area contributed by atoms with Crippen LogP contribution in [0, 0.1) is 24.4 Å². The average Bonchev–Trinajstić information content (AvgIpc) is 1.62. The van der Waals surface area contributed by atoms with E-state index in [-0.39, 0.29) is 81.6 Å². The van der Waals surface area contributed by atoms with E-state index >= 15 is 0 Å². The number of benzene rings is 6. The van der Waals surface area contributed by atoms with Gasteiger partial charge in [0.15, 0.2) is 10.3 Å². The van der Waals surface area contributed by atoms with Gasteiger partial charge in [-0.1, -0.05) is 17.7 Å². The van der Waals surface area contributed by atoms with Crippen LogP contribution in [0.3, 0.4) is 0 Å². The highest BCUT2D eigenvalue weighted by Crippen LogP contribution is 2.41. The predicted molar refractivity (Wildman–Crippen MR) is 389 cm³/mol. The molecule has 0 aliphatic carbocycles. The molecule has 6 aliphatic rings. The summed E-state index contributed by atoms with van der Waals surface area (Å²) in [5, 5.41) is 14.4. The summed E-state index contributed by atoms with van der Waals surface area (Å²) >= 11 is 9.47. The lowest BCUT2D eigenvalue weighted by Gasteiger charge is -2.38. The lowest BCUT2D eigenvalue weighted by molar-refractivity contribution is -0.122. The molecule has 99 heavy (non-hydrogen) atoms. The van der Waals surface area contributed by atoms with Crippen molar-refractivity contribution in [1.29, 1.82) is 0 Å². The van der Waals surface area contributed by atoms with E-state index in [9.17, 15) is 57.9 Å². The number of hydrogen-bond acceptors (Lipinski definition) is 21. The molecule has 4 fully saturated rings. The van der Waals surface area contributed by atoms with Crippen molar-refractivity contribution >= 4 is 143 Å². The molecule has 9 heterocycles. The summed E-state index contributed by atoms with van der Waals surface area (Å²) < 4.78 is 128. The third kappa shape index (κ3) is 14.6. The number of nitrogens with zero attached hydrogens (tertiary/aromatic N) is 11. The first-order valence-corrected chi connectivity index (χ1v) is 38.5. The lowest BCUT2D eigenvalue weighted by atomic mass is 10.1. The zero-order valence-electron chi connectivity index (χ0n) is 52.5. The first kappa shape index (κ1) is 68.6. The lowest BCUT2D eigenvalue weighted by Crippen LogP contribution is -2.52. The zero-order valence-corrected chi connectivity index (χ0v) is 58.1. The SMILES string of the molecule is Cc1nsc(NS(=O)(=O)c2ccc(N3CC[C@H](N4CCc5c4ccc(F)c5Cl)C3=O)cc2)n1.O=C1[C@@H](N2CCN(c3cc(F)cc(F)c3)CC2)CCN1c1ccc(S(=O)(=O)Nc2nccs2)cc1.O=C1[C@@H](N2CCc3c(O)cccc32)CCN1c1ccc(S(=O)(=O)Nc2nccs2)cc1.[HH].[HH].[HH].[HH].[HH].[HH].[HH]. The molecule has 6 aliphatic heterocycles. The maximum Gasteiger partial charge on any atom is 0.263 e. The van der Waals surface area contributed by atoms with Crippen LogP contribution in [0.15, 0.2) is 159 Å². The molecule has 24 nitrogen and oxygen atoms in total. The monoisotopic (exact) mass is 1500 g/mol. The van der Waals surface area contributed by atoms with E-state index in [2.05, 4.69) is 43.3 Å². The van der Waals surface area contributed by atoms with Crippen molar-refractivity contribution in [3.8, 4) is 5.75 Å². The fraction of sp³-hybridized carbons (Fsp3) is 0.277. The van der Waals surface area contributed by atoms with Gasteiger partial charge in [0.1, 0.15) is 41.1 Å². The number of amides is 3. The Morgan fingerprint density at radius 1 is 0.525 bits per heavy atom. The molecule has 34 heteroatoms. The second-order valence-corrected chi connectivity index (χ2v) is 31.6. The molecule has 0 bridgehead atoms. The number of fused-ring (bicyclic) bond motifs is 2. The first-order chi connectivity index (χ1) is 47.5. The number of hydrogen-bond donors (Lipinski definition) is 4. The maximum absolute atomic E-state index is 13.8. The van der Waals surface area contributed by atoms with Crippen LogP contribution in [0.25, 0.3) is 0 Å². The maximum atomic E-state index is 13.8. The standard InChI is InChI=1S/C23H23F2N5O3S2.C21H19ClFN5O3S2.C21H20N4O4S2.7H2/c24-16-13-17(25)15-19(14-16)28-8-10-29(11-9-28)21-5-7-30(22(21)31)18-1-3-20(4-2-18)35(32,33)27-23-26-6-12-34-23;1-12-24-21(32-25-12)26-33(30,31)14-4-2-13(3-5-14)27-11-9-18(20(27)29)28-10-8-15-17(28)7-6-16(23)19(15)22;26-19-3-1-2-17-16(19)8-11-25(17)18-9-12-24(20(18)27)14-4-6-15(7-5-14)31(28,29)23-21-22-10-13-30-21;;;;;;;/h1-4,6,12-15,21H,5,7-11H2,(H,26,27);2-7,18H,8-11H2,1H3,(H,24,25,26);1-7,10,13,18,26H,8-9,11-12H2,(H,22,23);7*1H/t21-;2*18-;;;;;;;/m000......./s1. The zero-order chi connectivity index (χ0) is 69.5. The van der Waals surface area contributed by atoms with Gasteiger partial charge in [-0.2, -0.15) is 4.37 Å². The highest BCUT2D eigenvalue weighted by Gasteiger charge is 2.43. The molecule has 0 radical (unpaired) electrons. The van der Waals surface area contributed by atoms with E-state index in [4.69, 9.17) is 11.6 Å². The minimum absolute atomic E-state index is 0. The largest absolute Gasteiger partial charge is 0.508 e. The van der Waals surface area contributed by atoms with Crippen molar-refractivity contribution in [1.82, 2.24) is 24.2 Å². The van der Waals surface area contributed by atoms with Gasteiger partial charge in [-0.15, -0.1) is 22.7 Å². The van der Waals surface area contributed by atoms with Crippen LogP contribution in [0.5, 0.6) is 5.75 Å². The van der Waals surface area contributed by atoms with Crippen LogP contribution >= 0.6 is 45.8 Å². The normalized spacial score (nSPS) is 18.7. The number of carbonyl (C=O) groups is 3. The molecule has 4 saturated heterocycles. The number of sulfonamides is 3. The fourth-order valence-electron chi connectivity index (χ4n) is 13.0. The molecule has 9 aromatic rings. The summed E-state index contributed by atoms with van der Waals surface area (Å²) in [6, 6.07) is 29.6. The number of phenols is 1. The minimum Gasteiger partial charge on any atom is -0.508 e. The number of halogens is 4. The highest BCUT2D eigenvalue weighted by molar-refractivity contribution is 7.93.